The molecule has 1 heterocycles. The number of aryl methyl sites for hydroxylation is 1. The van der Waals surface area contributed by atoms with Crippen LogP contribution in [0.4, 0.5) is 5.69 Å². The van der Waals surface area contributed by atoms with E-state index in [1.165, 1.54) is 18.4 Å². The maximum absolute atomic E-state index is 4.56. The molecule has 1 aliphatic rings. The van der Waals surface area contributed by atoms with E-state index < -0.39 is 0 Å². The number of thioether (sulfide) groups is 1. The Bertz CT molecular complexity index is 431. The maximum atomic E-state index is 4.56. The second-order valence-electron chi connectivity index (χ2n) is 4.26. The first-order valence-corrected chi connectivity index (χ1v) is 7.60. The molecule has 1 N–H and O–H groups in total. The molecule has 1 atom stereocenters. The van der Waals surface area contributed by atoms with Crippen molar-refractivity contribution in [2.24, 2.45) is 4.99 Å². The summed E-state index contributed by atoms with van der Waals surface area (Å²) in [7, 11) is 0. The average molecular weight is 313 g/mol. The molecule has 0 bridgehead atoms. The highest BCUT2D eigenvalue weighted by atomic mass is 79.9. The summed E-state index contributed by atoms with van der Waals surface area (Å²) < 4.78 is 1.10. The summed E-state index contributed by atoms with van der Waals surface area (Å²) in [6.07, 6.45) is 2.48. The molecule has 0 fully saturated rings. The molecule has 0 aliphatic carbocycles. The predicted molar refractivity (Wildman–Crippen MR) is 81.1 cm³/mol. The van der Waals surface area contributed by atoms with Crippen molar-refractivity contribution in [1.29, 1.82) is 0 Å². The van der Waals surface area contributed by atoms with Gasteiger partial charge in [-0.1, -0.05) is 47.1 Å². The highest BCUT2D eigenvalue weighted by molar-refractivity contribution is 9.10. The lowest BCUT2D eigenvalue weighted by Crippen LogP contribution is -2.08. The van der Waals surface area contributed by atoms with E-state index in [1.54, 1.807) is 0 Å². The van der Waals surface area contributed by atoms with Crippen molar-refractivity contribution < 1.29 is 0 Å². The van der Waals surface area contributed by atoms with Crippen LogP contribution in [0.2, 0.25) is 0 Å². The first kappa shape index (κ1) is 13.0. The van der Waals surface area contributed by atoms with Gasteiger partial charge < -0.3 is 5.32 Å². The second kappa shape index (κ2) is 5.91. The topological polar surface area (TPSA) is 24.4 Å². The van der Waals surface area contributed by atoms with Gasteiger partial charge in [-0.3, -0.25) is 4.99 Å². The minimum atomic E-state index is 0.662. The van der Waals surface area contributed by atoms with Crippen molar-refractivity contribution in [2.75, 3.05) is 11.9 Å². The molecule has 0 radical (unpaired) electrons. The highest BCUT2D eigenvalue weighted by Crippen LogP contribution is 2.28. The molecular weight excluding hydrogens is 296 g/mol. The number of benzene rings is 1. The fourth-order valence-electron chi connectivity index (χ4n) is 1.80. The monoisotopic (exact) mass is 312 g/mol. The van der Waals surface area contributed by atoms with Crippen LogP contribution in [0, 0.1) is 6.92 Å². The normalized spacial score (nSPS) is 19.2. The number of halogens is 1. The van der Waals surface area contributed by atoms with Crippen molar-refractivity contribution in [3.8, 4) is 0 Å². The standard InChI is InChI=1S/C13H17BrN2S/c1-3-4-11-8-15-13(17-11)16-12-7-10(14)6-5-9(12)2/h5-7,11H,3-4,8H2,1-2H3,(H,15,16). The third kappa shape index (κ3) is 3.49. The number of hydrogen-bond acceptors (Lipinski definition) is 3. The average Bonchev–Trinajstić information content (AvgIpc) is 2.72. The molecular formula is C13H17BrN2S. The number of amidine groups is 1. The molecule has 92 valence electrons. The summed E-state index contributed by atoms with van der Waals surface area (Å²) in [5, 5.41) is 5.14. The molecule has 17 heavy (non-hydrogen) atoms. The van der Waals surface area contributed by atoms with Crippen LogP contribution < -0.4 is 5.32 Å². The number of rotatable bonds is 3. The fraction of sp³-hybridized carbons (Fsp3) is 0.462. The van der Waals surface area contributed by atoms with Gasteiger partial charge in [-0.05, 0) is 31.0 Å². The number of anilines is 1. The summed E-state index contributed by atoms with van der Waals surface area (Å²) in [5.74, 6) is 0. The van der Waals surface area contributed by atoms with E-state index in [0.29, 0.717) is 5.25 Å². The van der Waals surface area contributed by atoms with Gasteiger partial charge in [0.2, 0.25) is 0 Å². The summed E-state index contributed by atoms with van der Waals surface area (Å²) in [5.41, 5.74) is 2.39. The molecule has 0 aromatic heterocycles. The third-order valence-corrected chi connectivity index (χ3v) is 4.43. The molecule has 1 aliphatic heterocycles. The number of nitrogens with zero attached hydrogens (tertiary/aromatic N) is 1. The minimum Gasteiger partial charge on any atom is -0.335 e. The number of aliphatic imine (C=N–C) groups is 1. The highest BCUT2D eigenvalue weighted by Gasteiger charge is 2.18. The molecule has 0 spiro atoms. The van der Waals surface area contributed by atoms with Crippen LogP contribution in [0.15, 0.2) is 27.7 Å². The molecule has 0 saturated carbocycles. The first-order valence-electron chi connectivity index (χ1n) is 5.93. The van der Waals surface area contributed by atoms with Crippen molar-refractivity contribution in [1.82, 2.24) is 0 Å². The van der Waals surface area contributed by atoms with Gasteiger partial charge in [0, 0.05) is 15.4 Å². The smallest absolute Gasteiger partial charge is 0.161 e. The lowest BCUT2D eigenvalue weighted by atomic mass is 10.2. The molecule has 0 saturated heterocycles. The van der Waals surface area contributed by atoms with Gasteiger partial charge in [-0.15, -0.1) is 0 Å². The summed E-state index contributed by atoms with van der Waals surface area (Å²) in [6, 6.07) is 6.27. The van der Waals surface area contributed by atoms with E-state index in [0.717, 1.165) is 21.9 Å². The molecule has 1 aromatic carbocycles. The Morgan fingerprint density at radius 2 is 2.35 bits per heavy atom. The zero-order valence-corrected chi connectivity index (χ0v) is 12.6. The van der Waals surface area contributed by atoms with E-state index in [-0.39, 0.29) is 0 Å². The van der Waals surface area contributed by atoms with E-state index >= 15 is 0 Å². The van der Waals surface area contributed by atoms with Gasteiger partial charge in [0.1, 0.15) is 0 Å². The van der Waals surface area contributed by atoms with Crippen molar-refractivity contribution >= 4 is 38.5 Å². The van der Waals surface area contributed by atoms with Crippen LogP contribution in [0.25, 0.3) is 0 Å². The molecule has 4 heteroatoms. The SMILES string of the molecule is CCCC1CN=C(Nc2cc(Br)ccc2C)S1. The molecule has 2 rings (SSSR count). The largest absolute Gasteiger partial charge is 0.335 e. The van der Waals surface area contributed by atoms with Crippen LogP contribution in [0.3, 0.4) is 0 Å². The van der Waals surface area contributed by atoms with Gasteiger partial charge in [0.15, 0.2) is 5.17 Å². The van der Waals surface area contributed by atoms with Crippen LogP contribution >= 0.6 is 27.7 Å². The molecule has 1 aromatic rings. The Morgan fingerprint density at radius 3 is 3.12 bits per heavy atom. The predicted octanol–water partition coefficient (Wildman–Crippen LogP) is 4.44. The van der Waals surface area contributed by atoms with Crippen LogP contribution in [0.1, 0.15) is 25.3 Å². The van der Waals surface area contributed by atoms with Crippen molar-refractivity contribution in [3.05, 3.63) is 28.2 Å². The van der Waals surface area contributed by atoms with Crippen molar-refractivity contribution in [2.45, 2.75) is 31.9 Å². The quantitative estimate of drug-likeness (QED) is 0.892. The lowest BCUT2D eigenvalue weighted by molar-refractivity contribution is 0.754. The Kier molecular flexibility index (Phi) is 4.51. The second-order valence-corrected chi connectivity index (χ2v) is 6.46. The third-order valence-electron chi connectivity index (χ3n) is 2.77. The zero-order chi connectivity index (χ0) is 12.3. The Balaban J connectivity index is 2.00. The lowest BCUT2D eigenvalue weighted by Gasteiger charge is -2.10. The first-order chi connectivity index (χ1) is 8.19. The van der Waals surface area contributed by atoms with Gasteiger partial charge in [0.25, 0.3) is 0 Å². The Labute approximate surface area is 115 Å². The van der Waals surface area contributed by atoms with E-state index in [9.17, 15) is 0 Å². The zero-order valence-electron chi connectivity index (χ0n) is 10.2. The van der Waals surface area contributed by atoms with Crippen molar-refractivity contribution in [3.63, 3.8) is 0 Å². The Morgan fingerprint density at radius 1 is 1.53 bits per heavy atom. The molecule has 1 unspecified atom stereocenters. The fourth-order valence-corrected chi connectivity index (χ4v) is 3.30. The summed E-state index contributed by atoms with van der Waals surface area (Å²) in [4.78, 5) is 4.56. The summed E-state index contributed by atoms with van der Waals surface area (Å²) >= 11 is 5.36. The van der Waals surface area contributed by atoms with E-state index in [4.69, 9.17) is 0 Å². The van der Waals surface area contributed by atoms with Crippen LogP contribution in [-0.2, 0) is 0 Å². The van der Waals surface area contributed by atoms with Crippen LogP contribution in [0.5, 0.6) is 0 Å². The Hall–Kier alpha value is -0.480. The van der Waals surface area contributed by atoms with E-state index in [2.05, 4.69) is 58.3 Å². The van der Waals surface area contributed by atoms with E-state index in [1.807, 2.05) is 11.8 Å². The number of nitrogens with one attached hydrogen (secondary N) is 1. The minimum absolute atomic E-state index is 0.662. The molecule has 2 nitrogen and oxygen atoms in total. The number of hydrogen-bond donors (Lipinski definition) is 1. The summed E-state index contributed by atoms with van der Waals surface area (Å²) in [6.45, 7) is 5.29. The van der Waals surface area contributed by atoms with Gasteiger partial charge in [-0.25, -0.2) is 0 Å². The van der Waals surface area contributed by atoms with Gasteiger partial charge in [0.05, 0.1) is 6.54 Å². The van der Waals surface area contributed by atoms with Gasteiger partial charge in [-0.2, -0.15) is 0 Å². The molecule has 0 amide bonds. The van der Waals surface area contributed by atoms with Gasteiger partial charge >= 0.3 is 0 Å². The van der Waals surface area contributed by atoms with Crippen LogP contribution in [-0.4, -0.2) is 17.0 Å². The maximum Gasteiger partial charge on any atom is 0.161 e.